The molecule has 0 bridgehead atoms. The summed E-state index contributed by atoms with van der Waals surface area (Å²) >= 11 is 7.97. The molecule has 0 aliphatic rings. The Morgan fingerprint density at radius 2 is 2.20 bits per heavy atom. The second-order valence-electron chi connectivity index (χ2n) is 2.95. The first-order valence-electron chi connectivity index (χ1n) is 4.13. The summed E-state index contributed by atoms with van der Waals surface area (Å²) in [4.78, 5) is 12.8. The Morgan fingerprint density at radius 1 is 1.47 bits per heavy atom. The van der Waals surface area contributed by atoms with Crippen molar-refractivity contribution in [3.05, 3.63) is 42.9 Å². The van der Waals surface area contributed by atoms with E-state index >= 15 is 0 Å². The van der Waals surface area contributed by atoms with Gasteiger partial charge in [-0.05, 0) is 50.2 Å². The number of thiophene rings is 1. The number of halogens is 2. The van der Waals surface area contributed by atoms with E-state index in [0.717, 1.165) is 4.47 Å². The Hall–Kier alpha value is -0.390. The SMILES string of the molecule is Cc1oc(Br)cc1C(=O)c1sccc1Br. The van der Waals surface area contributed by atoms with Crippen LogP contribution in [0.1, 0.15) is 21.0 Å². The molecule has 0 aromatic carbocycles. The third kappa shape index (κ3) is 2.09. The maximum absolute atomic E-state index is 12.1. The van der Waals surface area contributed by atoms with Gasteiger partial charge in [-0.25, -0.2) is 0 Å². The summed E-state index contributed by atoms with van der Waals surface area (Å²) in [6.45, 7) is 1.78. The van der Waals surface area contributed by atoms with Gasteiger partial charge < -0.3 is 4.42 Å². The third-order valence-electron chi connectivity index (χ3n) is 1.96. The minimum atomic E-state index is -0.0103. The summed E-state index contributed by atoms with van der Waals surface area (Å²) in [6.07, 6.45) is 0. The van der Waals surface area contributed by atoms with E-state index in [2.05, 4.69) is 31.9 Å². The van der Waals surface area contributed by atoms with Gasteiger partial charge in [0, 0.05) is 10.5 Å². The molecular formula is C10H6Br2O2S. The molecule has 2 aromatic rings. The highest BCUT2D eigenvalue weighted by Crippen LogP contribution is 2.28. The third-order valence-corrected chi connectivity index (χ3v) is 4.18. The molecule has 0 fully saturated rings. The van der Waals surface area contributed by atoms with Crippen molar-refractivity contribution in [3.63, 3.8) is 0 Å². The Labute approximate surface area is 108 Å². The van der Waals surface area contributed by atoms with Crippen LogP contribution in [-0.2, 0) is 0 Å². The quantitative estimate of drug-likeness (QED) is 0.752. The lowest BCUT2D eigenvalue weighted by Crippen LogP contribution is -1.99. The summed E-state index contributed by atoms with van der Waals surface area (Å²) in [5.41, 5.74) is 0.602. The normalized spacial score (nSPS) is 10.6. The van der Waals surface area contributed by atoms with Gasteiger partial charge in [-0.1, -0.05) is 0 Å². The number of hydrogen-bond acceptors (Lipinski definition) is 3. The number of aryl methyl sites for hydroxylation is 1. The lowest BCUT2D eigenvalue weighted by Gasteiger charge is -1.95. The van der Waals surface area contributed by atoms with Crippen LogP contribution in [0.4, 0.5) is 0 Å². The van der Waals surface area contributed by atoms with E-state index in [-0.39, 0.29) is 5.78 Å². The van der Waals surface area contributed by atoms with Crippen molar-refractivity contribution < 1.29 is 9.21 Å². The number of carbonyl (C=O) groups is 1. The van der Waals surface area contributed by atoms with Gasteiger partial charge >= 0.3 is 0 Å². The molecule has 0 amide bonds. The molecule has 0 unspecified atom stereocenters. The number of carbonyl (C=O) groups excluding carboxylic acids is 1. The fraction of sp³-hybridized carbons (Fsp3) is 0.100. The standard InChI is InChI=1S/C10H6Br2O2S/c1-5-6(4-8(12)14-5)9(13)10-7(11)2-3-15-10/h2-4H,1H3. The number of hydrogen-bond donors (Lipinski definition) is 0. The number of rotatable bonds is 2. The van der Waals surface area contributed by atoms with Crippen molar-refractivity contribution >= 4 is 49.0 Å². The molecule has 0 saturated carbocycles. The zero-order valence-electron chi connectivity index (χ0n) is 7.71. The maximum Gasteiger partial charge on any atom is 0.207 e. The molecule has 2 rings (SSSR count). The van der Waals surface area contributed by atoms with Crippen LogP contribution in [0.25, 0.3) is 0 Å². The maximum atomic E-state index is 12.1. The average molecular weight is 350 g/mol. The molecule has 0 radical (unpaired) electrons. The van der Waals surface area contributed by atoms with Crippen LogP contribution in [0.2, 0.25) is 0 Å². The summed E-state index contributed by atoms with van der Waals surface area (Å²) in [6, 6.07) is 3.56. The molecular weight excluding hydrogens is 344 g/mol. The molecule has 78 valence electrons. The molecule has 5 heteroatoms. The van der Waals surface area contributed by atoms with E-state index in [4.69, 9.17) is 4.42 Å². The molecule has 2 aromatic heterocycles. The second kappa shape index (κ2) is 4.23. The fourth-order valence-electron chi connectivity index (χ4n) is 1.25. The predicted molar refractivity (Wildman–Crippen MR) is 66.6 cm³/mol. The summed E-state index contributed by atoms with van der Waals surface area (Å²) < 4.78 is 6.67. The van der Waals surface area contributed by atoms with E-state index in [0.29, 0.717) is 20.9 Å². The van der Waals surface area contributed by atoms with Crippen LogP contribution in [0.3, 0.4) is 0 Å². The zero-order valence-corrected chi connectivity index (χ0v) is 11.7. The average Bonchev–Trinajstić information content (AvgIpc) is 2.71. The molecule has 2 nitrogen and oxygen atoms in total. The van der Waals surface area contributed by atoms with Crippen molar-refractivity contribution in [2.24, 2.45) is 0 Å². The van der Waals surface area contributed by atoms with Crippen LogP contribution in [0, 0.1) is 6.92 Å². The Balaban J connectivity index is 2.45. The first-order chi connectivity index (χ1) is 7.09. The highest BCUT2D eigenvalue weighted by atomic mass is 79.9. The Morgan fingerprint density at radius 3 is 2.67 bits per heavy atom. The topological polar surface area (TPSA) is 30.2 Å². The smallest absolute Gasteiger partial charge is 0.207 e. The molecule has 0 aliphatic heterocycles. The Kier molecular flexibility index (Phi) is 3.13. The largest absolute Gasteiger partial charge is 0.454 e. The monoisotopic (exact) mass is 348 g/mol. The fourth-order valence-corrected chi connectivity index (χ4v) is 3.23. The first kappa shape index (κ1) is 11.1. The van der Waals surface area contributed by atoms with E-state index < -0.39 is 0 Å². The van der Waals surface area contributed by atoms with Crippen LogP contribution in [-0.4, -0.2) is 5.78 Å². The van der Waals surface area contributed by atoms with E-state index in [1.165, 1.54) is 11.3 Å². The van der Waals surface area contributed by atoms with Gasteiger partial charge in [-0.3, -0.25) is 4.79 Å². The summed E-state index contributed by atoms with van der Waals surface area (Å²) in [7, 11) is 0. The van der Waals surface area contributed by atoms with Crippen LogP contribution in [0.15, 0.2) is 31.1 Å². The molecule has 0 aliphatic carbocycles. The molecule has 0 saturated heterocycles. The van der Waals surface area contributed by atoms with Crippen molar-refractivity contribution in [1.82, 2.24) is 0 Å². The molecule has 0 N–H and O–H groups in total. The number of furan rings is 1. The lowest BCUT2D eigenvalue weighted by atomic mass is 10.1. The molecule has 15 heavy (non-hydrogen) atoms. The number of ketones is 1. The van der Waals surface area contributed by atoms with E-state index in [1.807, 2.05) is 11.4 Å². The molecule has 2 heterocycles. The Bertz CT molecular complexity index is 513. The zero-order chi connectivity index (χ0) is 11.0. The second-order valence-corrected chi connectivity index (χ2v) is 5.50. The van der Waals surface area contributed by atoms with Gasteiger partial charge in [-0.2, -0.15) is 0 Å². The first-order valence-corrected chi connectivity index (χ1v) is 6.60. The van der Waals surface area contributed by atoms with E-state index in [1.54, 1.807) is 13.0 Å². The van der Waals surface area contributed by atoms with Crippen molar-refractivity contribution in [3.8, 4) is 0 Å². The molecule has 0 spiro atoms. The highest BCUT2D eigenvalue weighted by molar-refractivity contribution is 9.10. The van der Waals surface area contributed by atoms with Crippen molar-refractivity contribution in [2.45, 2.75) is 6.92 Å². The van der Waals surface area contributed by atoms with Crippen molar-refractivity contribution in [1.29, 1.82) is 0 Å². The van der Waals surface area contributed by atoms with Crippen LogP contribution in [0.5, 0.6) is 0 Å². The van der Waals surface area contributed by atoms with Gasteiger partial charge in [0.05, 0.1) is 10.4 Å². The van der Waals surface area contributed by atoms with Gasteiger partial charge in [0.2, 0.25) is 5.78 Å². The minimum Gasteiger partial charge on any atom is -0.454 e. The van der Waals surface area contributed by atoms with Crippen LogP contribution < -0.4 is 0 Å². The highest BCUT2D eigenvalue weighted by Gasteiger charge is 2.19. The van der Waals surface area contributed by atoms with Gasteiger partial charge in [0.25, 0.3) is 0 Å². The van der Waals surface area contributed by atoms with Gasteiger partial charge in [0.15, 0.2) is 4.67 Å². The lowest BCUT2D eigenvalue weighted by molar-refractivity contribution is 0.104. The minimum absolute atomic E-state index is 0.0103. The summed E-state index contributed by atoms with van der Waals surface area (Å²) in [5.74, 6) is 0.621. The van der Waals surface area contributed by atoms with Crippen molar-refractivity contribution in [2.75, 3.05) is 0 Å². The van der Waals surface area contributed by atoms with Gasteiger partial charge in [0.1, 0.15) is 5.76 Å². The van der Waals surface area contributed by atoms with Gasteiger partial charge in [-0.15, -0.1) is 11.3 Å². The summed E-state index contributed by atoms with van der Waals surface area (Å²) in [5, 5.41) is 1.88. The predicted octanol–water partition coefficient (Wildman–Crippen LogP) is 4.41. The van der Waals surface area contributed by atoms with E-state index in [9.17, 15) is 4.79 Å². The molecule has 0 atom stereocenters. The van der Waals surface area contributed by atoms with Crippen LogP contribution >= 0.6 is 43.2 Å².